The molecule has 0 aliphatic carbocycles. The number of methoxy groups -OCH3 is 2. The average Bonchev–Trinajstić information content (AvgIpc) is 2.73. The first-order valence-corrected chi connectivity index (χ1v) is 12.0. The fraction of sp³-hybridized carbons (Fsp3) is 0.417. The Labute approximate surface area is 210 Å². The molecule has 0 aliphatic rings. The molecule has 1 amide bonds. The van der Waals surface area contributed by atoms with Gasteiger partial charge in [0.25, 0.3) is 0 Å². The number of hydrogen-bond acceptors (Lipinski definition) is 5. The Morgan fingerprint density at radius 2 is 1.61 bits per heavy atom. The molecule has 0 bridgehead atoms. The number of nitrogens with one attached hydrogen (secondary N) is 1. The molecule has 2 aromatic carbocycles. The van der Waals surface area contributed by atoms with Crippen LogP contribution in [0.5, 0.6) is 17.2 Å². The van der Waals surface area contributed by atoms with Gasteiger partial charge in [-0.15, -0.1) is 0 Å². The fourth-order valence-electron chi connectivity index (χ4n) is 3.26. The summed E-state index contributed by atoms with van der Waals surface area (Å²) in [5, 5.41) is 2.71. The molecule has 180 valence electrons. The first-order valence-electron chi connectivity index (χ1n) is 10.4. The molecule has 0 aromatic heterocycles. The van der Waals surface area contributed by atoms with Gasteiger partial charge in [0, 0.05) is 11.6 Å². The van der Waals surface area contributed by atoms with E-state index in [2.05, 4.69) is 37.2 Å². The molecule has 33 heavy (non-hydrogen) atoms. The number of amides is 1. The number of benzene rings is 2. The van der Waals surface area contributed by atoms with Crippen LogP contribution in [0.15, 0.2) is 33.2 Å². The van der Waals surface area contributed by atoms with Crippen molar-refractivity contribution in [2.75, 3.05) is 14.2 Å². The number of carbonyl (C=O) groups excluding carboxylic acids is 2. The van der Waals surface area contributed by atoms with Crippen LogP contribution in [0.25, 0.3) is 0 Å². The van der Waals surface area contributed by atoms with Gasteiger partial charge in [-0.05, 0) is 67.5 Å². The SMILES string of the molecule is COC(=O)[C@@H](NC(=O)Cc1cc(Br)c(Oc2cc(F)c(OC)c(C(C)C)c2)c(Br)c1)C(C)C. The summed E-state index contributed by atoms with van der Waals surface area (Å²) in [4.78, 5) is 24.4. The van der Waals surface area contributed by atoms with Gasteiger partial charge in [0.1, 0.15) is 11.8 Å². The summed E-state index contributed by atoms with van der Waals surface area (Å²) in [7, 11) is 2.72. The Morgan fingerprint density at radius 3 is 2.09 bits per heavy atom. The Kier molecular flexibility index (Phi) is 9.72. The quantitative estimate of drug-likeness (QED) is 0.357. The lowest BCUT2D eigenvalue weighted by atomic mass is 10.0. The van der Waals surface area contributed by atoms with Crippen LogP contribution >= 0.6 is 31.9 Å². The summed E-state index contributed by atoms with van der Waals surface area (Å²) in [6, 6.07) is 5.77. The van der Waals surface area contributed by atoms with Crippen LogP contribution in [0.2, 0.25) is 0 Å². The number of hydrogen-bond donors (Lipinski definition) is 1. The summed E-state index contributed by atoms with van der Waals surface area (Å²) in [6.45, 7) is 7.54. The van der Waals surface area contributed by atoms with Crippen LogP contribution in [0.3, 0.4) is 0 Å². The van der Waals surface area contributed by atoms with Gasteiger partial charge in [-0.3, -0.25) is 4.79 Å². The lowest BCUT2D eigenvalue weighted by Gasteiger charge is -2.20. The number of ether oxygens (including phenoxy) is 3. The fourth-order valence-corrected chi connectivity index (χ4v) is 4.70. The highest BCUT2D eigenvalue weighted by Gasteiger charge is 2.25. The molecule has 6 nitrogen and oxygen atoms in total. The van der Waals surface area contributed by atoms with Crippen molar-refractivity contribution in [1.29, 1.82) is 0 Å². The van der Waals surface area contributed by atoms with Crippen LogP contribution in [-0.4, -0.2) is 32.1 Å². The van der Waals surface area contributed by atoms with Crippen molar-refractivity contribution in [3.05, 3.63) is 50.2 Å². The highest BCUT2D eigenvalue weighted by Crippen LogP contribution is 2.40. The predicted molar refractivity (Wildman–Crippen MR) is 131 cm³/mol. The molecule has 0 saturated carbocycles. The maximum absolute atomic E-state index is 14.5. The van der Waals surface area contributed by atoms with Crippen molar-refractivity contribution in [1.82, 2.24) is 5.32 Å². The van der Waals surface area contributed by atoms with Gasteiger partial charge in [0.15, 0.2) is 17.3 Å². The molecular formula is C24H28Br2FNO5. The zero-order valence-corrected chi connectivity index (χ0v) is 22.6. The number of rotatable bonds is 9. The maximum Gasteiger partial charge on any atom is 0.328 e. The minimum absolute atomic E-state index is 0.0328. The number of carbonyl (C=O) groups is 2. The highest BCUT2D eigenvalue weighted by atomic mass is 79.9. The normalized spacial score (nSPS) is 12.0. The van der Waals surface area contributed by atoms with E-state index in [4.69, 9.17) is 14.2 Å². The van der Waals surface area contributed by atoms with Crippen molar-refractivity contribution in [2.24, 2.45) is 5.92 Å². The molecule has 0 unspecified atom stereocenters. The van der Waals surface area contributed by atoms with Gasteiger partial charge >= 0.3 is 5.97 Å². The molecule has 0 spiro atoms. The highest BCUT2D eigenvalue weighted by molar-refractivity contribution is 9.11. The van der Waals surface area contributed by atoms with Crippen molar-refractivity contribution in [3.63, 3.8) is 0 Å². The van der Waals surface area contributed by atoms with E-state index in [-0.39, 0.29) is 29.9 Å². The van der Waals surface area contributed by atoms with Gasteiger partial charge in [0.05, 0.1) is 29.6 Å². The van der Waals surface area contributed by atoms with Crippen molar-refractivity contribution >= 4 is 43.7 Å². The van der Waals surface area contributed by atoms with Crippen LogP contribution in [0.4, 0.5) is 4.39 Å². The Bertz CT molecular complexity index is 1000. The lowest BCUT2D eigenvalue weighted by molar-refractivity contribution is -0.146. The van der Waals surface area contributed by atoms with E-state index in [0.29, 0.717) is 31.6 Å². The van der Waals surface area contributed by atoms with Gasteiger partial charge < -0.3 is 19.5 Å². The second-order valence-corrected chi connectivity index (χ2v) is 9.87. The molecule has 0 fully saturated rings. The molecule has 1 atom stereocenters. The van der Waals surface area contributed by atoms with E-state index < -0.39 is 17.8 Å². The lowest BCUT2D eigenvalue weighted by Crippen LogP contribution is -2.45. The van der Waals surface area contributed by atoms with E-state index in [0.717, 1.165) is 0 Å². The monoisotopic (exact) mass is 587 g/mol. The van der Waals surface area contributed by atoms with Gasteiger partial charge in [-0.1, -0.05) is 27.7 Å². The zero-order valence-electron chi connectivity index (χ0n) is 19.4. The molecule has 0 saturated heterocycles. The number of halogens is 3. The predicted octanol–water partition coefficient (Wildman–Crippen LogP) is 6.13. The third-order valence-corrected chi connectivity index (χ3v) is 6.13. The van der Waals surface area contributed by atoms with E-state index in [1.165, 1.54) is 20.3 Å². The van der Waals surface area contributed by atoms with Crippen LogP contribution < -0.4 is 14.8 Å². The van der Waals surface area contributed by atoms with Crippen molar-refractivity contribution in [2.45, 2.75) is 46.1 Å². The topological polar surface area (TPSA) is 73.9 Å². The summed E-state index contributed by atoms with van der Waals surface area (Å²) in [5.74, 6) is -0.438. The third-order valence-electron chi connectivity index (χ3n) is 4.95. The van der Waals surface area contributed by atoms with E-state index in [1.54, 1.807) is 18.2 Å². The Morgan fingerprint density at radius 1 is 1.00 bits per heavy atom. The summed E-state index contributed by atoms with van der Waals surface area (Å²) in [5.41, 5.74) is 1.38. The molecular weight excluding hydrogens is 561 g/mol. The Balaban J connectivity index is 2.24. The largest absolute Gasteiger partial charge is 0.493 e. The summed E-state index contributed by atoms with van der Waals surface area (Å²) < 4.78 is 31.6. The van der Waals surface area contributed by atoms with Crippen molar-refractivity contribution < 1.29 is 28.2 Å². The number of esters is 1. The van der Waals surface area contributed by atoms with E-state index in [1.807, 2.05) is 27.7 Å². The molecule has 0 aliphatic heterocycles. The second-order valence-electron chi connectivity index (χ2n) is 8.16. The van der Waals surface area contributed by atoms with Crippen LogP contribution in [0.1, 0.15) is 44.7 Å². The molecule has 1 N–H and O–H groups in total. The van der Waals surface area contributed by atoms with Gasteiger partial charge in [-0.2, -0.15) is 0 Å². The average molecular weight is 589 g/mol. The van der Waals surface area contributed by atoms with Crippen LogP contribution in [0, 0.1) is 11.7 Å². The molecule has 9 heteroatoms. The summed E-state index contributed by atoms with van der Waals surface area (Å²) >= 11 is 6.94. The van der Waals surface area contributed by atoms with E-state index in [9.17, 15) is 14.0 Å². The maximum atomic E-state index is 14.5. The summed E-state index contributed by atoms with van der Waals surface area (Å²) in [6.07, 6.45) is 0.0480. The Hall–Kier alpha value is -2.13. The molecule has 0 radical (unpaired) electrons. The first-order chi connectivity index (χ1) is 15.5. The third kappa shape index (κ3) is 6.93. The smallest absolute Gasteiger partial charge is 0.328 e. The first kappa shape index (κ1) is 27.1. The van der Waals surface area contributed by atoms with Crippen molar-refractivity contribution in [3.8, 4) is 17.2 Å². The molecule has 0 heterocycles. The molecule has 2 rings (SSSR count). The standard InChI is InChI=1S/C24H28Br2FNO5/c1-12(2)16-10-15(11-19(27)22(16)31-5)33-23-17(25)7-14(8-18(23)26)9-20(29)28-21(13(3)4)24(30)32-6/h7-8,10-13,21H,9H2,1-6H3,(H,28,29)/t21-/m0/s1. The molecule has 2 aromatic rings. The van der Waals surface area contributed by atoms with E-state index >= 15 is 0 Å². The van der Waals surface area contributed by atoms with Gasteiger partial charge in [0.2, 0.25) is 5.91 Å². The van der Waals surface area contributed by atoms with Crippen LogP contribution in [-0.2, 0) is 20.7 Å². The minimum atomic E-state index is -0.725. The minimum Gasteiger partial charge on any atom is -0.493 e. The zero-order chi connectivity index (χ0) is 24.9. The second kappa shape index (κ2) is 11.8. The van der Waals surface area contributed by atoms with Gasteiger partial charge in [-0.25, -0.2) is 9.18 Å².